The van der Waals surface area contributed by atoms with Crippen LogP contribution < -0.4 is 0 Å². The van der Waals surface area contributed by atoms with E-state index in [1.54, 1.807) is 0 Å². The molecule has 1 amide bonds. The smallest absolute Gasteiger partial charge is 0.230 e. The molecule has 2 aliphatic rings. The summed E-state index contributed by atoms with van der Waals surface area (Å²) in [7, 11) is 4.24. The third-order valence-corrected chi connectivity index (χ3v) is 4.58. The summed E-state index contributed by atoms with van der Waals surface area (Å²) in [5, 5.41) is 3.84. The molecule has 0 unspecified atom stereocenters. The van der Waals surface area contributed by atoms with Crippen LogP contribution >= 0.6 is 0 Å². The van der Waals surface area contributed by atoms with Crippen molar-refractivity contribution >= 4 is 5.91 Å². The Balaban J connectivity index is 1.63. The molecule has 3 rings (SSSR count). The zero-order valence-electron chi connectivity index (χ0n) is 12.5. The molecule has 0 bridgehead atoms. The Hall–Kier alpha value is -1.36. The Morgan fingerprint density at radius 1 is 1.45 bits per heavy atom. The van der Waals surface area contributed by atoms with E-state index in [1.807, 2.05) is 17.9 Å². The molecule has 1 aromatic heterocycles. The molecule has 5 nitrogen and oxygen atoms in total. The summed E-state index contributed by atoms with van der Waals surface area (Å²) in [5.74, 6) is 2.30. The summed E-state index contributed by atoms with van der Waals surface area (Å²) in [5.41, 5.74) is 0.830. The standard InChI is InChI=1S/C15H23N3O2/c1-10-6-12(20-16-10)7-15(19)18-8-13(11-4-5-11)14(9-18)17(2)3/h6,11,13-14H,4-5,7-9H2,1-3H3/t13-,14+/m0/s1. The molecule has 20 heavy (non-hydrogen) atoms. The van der Waals surface area contributed by atoms with Gasteiger partial charge in [0.2, 0.25) is 5.91 Å². The summed E-state index contributed by atoms with van der Waals surface area (Å²) >= 11 is 0. The van der Waals surface area contributed by atoms with Crippen LogP contribution in [0, 0.1) is 18.8 Å². The summed E-state index contributed by atoms with van der Waals surface area (Å²) < 4.78 is 5.15. The maximum absolute atomic E-state index is 12.4. The molecule has 1 saturated carbocycles. The lowest BCUT2D eigenvalue weighted by Crippen LogP contribution is -2.37. The SMILES string of the molecule is Cc1cc(CC(=O)N2C[C@@H](N(C)C)[C@H](C3CC3)C2)on1. The van der Waals surface area contributed by atoms with Gasteiger partial charge in [-0.25, -0.2) is 0 Å². The molecule has 5 heteroatoms. The van der Waals surface area contributed by atoms with Gasteiger partial charge in [0.05, 0.1) is 12.1 Å². The minimum atomic E-state index is 0.163. The van der Waals surface area contributed by atoms with Gasteiger partial charge in [-0.2, -0.15) is 0 Å². The minimum Gasteiger partial charge on any atom is -0.361 e. The van der Waals surface area contributed by atoms with E-state index in [9.17, 15) is 4.79 Å². The number of likely N-dealkylation sites (N-methyl/N-ethyl adjacent to an activating group) is 1. The first-order valence-corrected chi connectivity index (χ1v) is 7.41. The zero-order valence-corrected chi connectivity index (χ0v) is 12.5. The lowest BCUT2D eigenvalue weighted by Gasteiger charge is -2.24. The van der Waals surface area contributed by atoms with Gasteiger partial charge in [-0.15, -0.1) is 0 Å². The second kappa shape index (κ2) is 5.20. The van der Waals surface area contributed by atoms with Crippen LogP contribution in [0.3, 0.4) is 0 Å². The van der Waals surface area contributed by atoms with Crippen LogP contribution in [0.25, 0.3) is 0 Å². The van der Waals surface area contributed by atoms with E-state index in [-0.39, 0.29) is 5.91 Å². The van der Waals surface area contributed by atoms with E-state index in [2.05, 4.69) is 24.2 Å². The largest absolute Gasteiger partial charge is 0.361 e. The van der Waals surface area contributed by atoms with E-state index in [0.29, 0.717) is 24.1 Å². The highest BCUT2D eigenvalue weighted by Crippen LogP contribution is 2.42. The van der Waals surface area contributed by atoms with Crippen molar-refractivity contribution < 1.29 is 9.32 Å². The maximum Gasteiger partial charge on any atom is 0.230 e. The summed E-state index contributed by atoms with van der Waals surface area (Å²) in [4.78, 5) is 16.7. The third-order valence-electron chi connectivity index (χ3n) is 4.58. The number of rotatable bonds is 4. The average Bonchev–Trinajstić information content (AvgIpc) is 3.00. The first-order valence-electron chi connectivity index (χ1n) is 7.41. The topological polar surface area (TPSA) is 49.6 Å². The van der Waals surface area contributed by atoms with Crippen molar-refractivity contribution in [3.05, 3.63) is 17.5 Å². The van der Waals surface area contributed by atoms with Crippen LogP contribution in [0.1, 0.15) is 24.3 Å². The van der Waals surface area contributed by atoms with Crippen molar-refractivity contribution in [2.75, 3.05) is 27.2 Å². The molecule has 0 radical (unpaired) electrons. The monoisotopic (exact) mass is 277 g/mol. The molecular formula is C15H23N3O2. The van der Waals surface area contributed by atoms with E-state index < -0.39 is 0 Å². The second-order valence-corrected chi connectivity index (χ2v) is 6.44. The number of amides is 1. The van der Waals surface area contributed by atoms with Gasteiger partial charge in [-0.05, 0) is 45.7 Å². The number of likely N-dealkylation sites (tertiary alicyclic amines) is 1. The van der Waals surface area contributed by atoms with E-state index in [4.69, 9.17) is 4.52 Å². The number of aryl methyl sites for hydroxylation is 1. The van der Waals surface area contributed by atoms with Crippen molar-refractivity contribution in [1.29, 1.82) is 0 Å². The average molecular weight is 277 g/mol. The molecule has 1 saturated heterocycles. The number of hydrogen-bond acceptors (Lipinski definition) is 4. The normalized spacial score (nSPS) is 26.5. The fourth-order valence-electron chi connectivity index (χ4n) is 3.31. The number of aromatic nitrogens is 1. The van der Waals surface area contributed by atoms with Gasteiger partial charge >= 0.3 is 0 Å². The fraction of sp³-hybridized carbons (Fsp3) is 0.733. The number of hydrogen-bond donors (Lipinski definition) is 0. The fourth-order valence-corrected chi connectivity index (χ4v) is 3.31. The van der Waals surface area contributed by atoms with Crippen molar-refractivity contribution in [2.24, 2.45) is 11.8 Å². The number of nitrogens with zero attached hydrogens (tertiary/aromatic N) is 3. The zero-order chi connectivity index (χ0) is 14.3. The first-order chi connectivity index (χ1) is 9.54. The number of carbonyl (C=O) groups excluding carboxylic acids is 1. The summed E-state index contributed by atoms with van der Waals surface area (Å²) in [6, 6.07) is 2.35. The van der Waals surface area contributed by atoms with Gasteiger partial charge in [-0.3, -0.25) is 4.79 Å². The van der Waals surface area contributed by atoms with Gasteiger partial charge in [-0.1, -0.05) is 5.16 Å². The molecule has 1 aliphatic carbocycles. The van der Waals surface area contributed by atoms with Crippen LogP contribution in [0.2, 0.25) is 0 Å². The van der Waals surface area contributed by atoms with Crippen LogP contribution in [-0.2, 0) is 11.2 Å². The molecule has 2 heterocycles. The molecule has 2 atom stereocenters. The van der Waals surface area contributed by atoms with E-state index in [0.717, 1.165) is 24.7 Å². The van der Waals surface area contributed by atoms with E-state index in [1.165, 1.54) is 12.8 Å². The summed E-state index contributed by atoms with van der Waals surface area (Å²) in [6.07, 6.45) is 3.00. The second-order valence-electron chi connectivity index (χ2n) is 6.44. The van der Waals surface area contributed by atoms with Crippen LogP contribution in [0.5, 0.6) is 0 Å². The summed E-state index contributed by atoms with van der Waals surface area (Å²) in [6.45, 7) is 3.62. The molecule has 0 N–H and O–H groups in total. The molecule has 2 fully saturated rings. The van der Waals surface area contributed by atoms with Crippen molar-refractivity contribution in [2.45, 2.75) is 32.2 Å². The Kier molecular flexibility index (Phi) is 3.54. The molecular weight excluding hydrogens is 254 g/mol. The van der Waals surface area contributed by atoms with Gasteiger partial charge in [0.15, 0.2) is 0 Å². The van der Waals surface area contributed by atoms with Crippen LogP contribution in [0.4, 0.5) is 0 Å². The molecule has 0 spiro atoms. The Labute approximate surface area is 119 Å². The van der Waals surface area contributed by atoms with Crippen LogP contribution in [0.15, 0.2) is 10.6 Å². The maximum atomic E-state index is 12.4. The molecule has 1 aromatic rings. The molecule has 0 aromatic carbocycles. The van der Waals surface area contributed by atoms with Gasteiger partial charge in [0.1, 0.15) is 5.76 Å². The molecule has 110 valence electrons. The Bertz CT molecular complexity index is 483. The van der Waals surface area contributed by atoms with Crippen molar-refractivity contribution in [3.63, 3.8) is 0 Å². The lowest BCUT2D eigenvalue weighted by atomic mass is 9.97. The van der Waals surface area contributed by atoms with Crippen molar-refractivity contribution in [1.82, 2.24) is 15.0 Å². The van der Waals surface area contributed by atoms with E-state index >= 15 is 0 Å². The minimum absolute atomic E-state index is 0.163. The quantitative estimate of drug-likeness (QED) is 0.833. The predicted molar refractivity (Wildman–Crippen MR) is 75.2 cm³/mol. The van der Waals surface area contributed by atoms with Gasteiger partial charge in [0, 0.05) is 25.2 Å². The van der Waals surface area contributed by atoms with Crippen LogP contribution in [-0.4, -0.2) is 54.1 Å². The molecule has 1 aliphatic heterocycles. The third kappa shape index (κ3) is 2.73. The predicted octanol–water partition coefficient (Wildman–Crippen LogP) is 1.32. The van der Waals surface area contributed by atoms with Gasteiger partial charge in [0.25, 0.3) is 0 Å². The highest BCUT2D eigenvalue weighted by Gasteiger charge is 2.44. The lowest BCUT2D eigenvalue weighted by molar-refractivity contribution is -0.130. The Morgan fingerprint density at radius 2 is 2.20 bits per heavy atom. The highest BCUT2D eigenvalue weighted by molar-refractivity contribution is 5.78. The first kappa shape index (κ1) is 13.6. The Morgan fingerprint density at radius 3 is 2.75 bits per heavy atom. The van der Waals surface area contributed by atoms with Gasteiger partial charge < -0.3 is 14.3 Å². The van der Waals surface area contributed by atoms with Crippen molar-refractivity contribution in [3.8, 4) is 0 Å². The highest BCUT2D eigenvalue weighted by atomic mass is 16.5. The number of carbonyl (C=O) groups is 1.